The molecule has 3 nitrogen and oxygen atoms in total. The highest BCUT2D eigenvalue weighted by atomic mass is 35.5. The van der Waals surface area contributed by atoms with E-state index in [2.05, 4.69) is 4.99 Å². The number of carbonyl (C=O) groups excluding carboxylic acids is 1. The van der Waals surface area contributed by atoms with E-state index in [4.69, 9.17) is 11.6 Å². The summed E-state index contributed by atoms with van der Waals surface area (Å²) in [5.41, 5.74) is -0.273. The van der Waals surface area contributed by atoms with Crippen molar-refractivity contribution in [2.24, 2.45) is 4.99 Å². The number of allylic oxidation sites excluding steroid dienone is 1. The summed E-state index contributed by atoms with van der Waals surface area (Å²) in [7, 11) is 0. The molecular weight excluding hydrogens is 209 g/mol. The normalized spacial score (nSPS) is 17.2. The first-order chi connectivity index (χ1) is 5.91. The van der Waals surface area contributed by atoms with Crippen molar-refractivity contribution in [1.82, 2.24) is 4.90 Å². The van der Waals surface area contributed by atoms with Crippen molar-refractivity contribution in [2.45, 2.75) is 6.30 Å². The quantitative estimate of drug-likeness (QED) is 0.487. The maximum Gasteiger partial charge on any atom is 0.485 e. The van der Waals surface area contributed by atoms with Crippen molar-refractivity contribution in [3.8, 4) is 0 Å². The Morgan fingerprint density at radius 1 is 1.62 bits per heavy atom. The first-order valence-electron chi connectivity index (χ1n) is 3.16. The molecule has 0 aromatic heterocycles. The number of hydrogen-bond acceptors (Lipinski definition) is 3. The standard InChI is InChI=1S/C6H4ClF3N2O/c7-5(13)4-1-11-3-12(2-4)6(8,9)10/h1-2H,3H2. The Hall–Kier alpha value is -1.04. The molecule has 1 heterocycles. The SMILES string of the molecule is O=C(Cl)C1=CN(C(F)(F)F)CN=C1. The zero-order valence-electron chi connectivity index (χ0n) is 6.18. The van der Waals surface area contributed by atoms with Crippen LogP contribution in [0.15, 0.2) is 16.8 Å². The summed E-state index contributed by atoms with van der Waals surface area (Å²) < 4.78 is 36.1. The predicted molar refractivity (Wildman–Crippen MR) is 40.2 cm³/mol. The van der Waals surface area contributed by atoms with Gasteiger partial charge in [-0.2, -0.15) is 13.2 Å². The van der Waals surface area contributed by atoms with Crippen molar-refractivity contribution in [2.75, 3.05) is 6.67 Å². The van der Waals surface area contributed by atoms with Gasteiger partial charge >= 0.3 is 6.30 Å². The fourth-order valence-corrected chi connectivity index (χ4v) is 0.822. The molecule has 72 valence electrons. The minimum absolute atomic E-state index is 0.0252. The third kappa shape index (κ3) is 2.45. The van der Waals surface area contributed by atoms with Gasteiger partial charge in [0.15, 0.2) is 0 Å². The fraction of sp³-hybridized carbons (Fsp3) is 0.333. The van der Waals surface area contributed by atoms with Crippen LogP contribution in [0.4, 0.5) is 13.2 Å². The second kappa shape index (κ2) is 3.37. The molecule has 0 atom stereocenters. The van der Waals surface area contributed by atoms with Gasteiger partial charge in [-0.05, 0) is 11.6 Å². The summed E-state index contributed by atoms with van der Waals surface area (Å²) in [6.07, 6.45) is -2.89. The molecule has 0 spiro atoms. The first kappa shape index (κ1) is 10.0. The third-order valence-electron chi connectivity index (χ3n) is 1.31. The van der Waals surface area contributed by atoms with Gasteiger partial charge in [0.25, 0.3) is 5.24 Å². The molecule has 0 N–H and O–H groups in total. The average Bonchev–Trinajstić information content (AvgIpc) is 2.03. The van der Waals surface area contributed by atoms with Gasteiger partial charge in [-0.3, -0.25) is 14.7 Å². The zero-order valence-corrected chi connectivity index (χ0v) is 6.93. The van der Waals surface area contributed by atoms with E-state index in [1.165, 1.54) is 0 Å². The Labute approximate surface area is 76.5 Å². The molecule has 1 aliphatic rings. The van der Waals surface area contributed by atoms with Crippen LogP contribution >= 0.6 is 11.6 Å². The Kier molecular flexibility index (Phi) is 2.60. The van der Waals surface area contributed by atoms with Crippen LogP contribution in [-0.4, -0.2) is 29.3 Å². The van der Waals surface area contributed by atoms with E-state index in [1.807, 2.05) is 0 Å². The topological polar surface area (TPSA) is 32.7 Å². The van der Waals surface area contributed by atoms with Gasteiger partial charge in [0, 0.05) is 12.4 Å². The predicted octanol–water partition coefficient (Wildman–Crippen LogP) is 1.50. The van der Waals surface area contributed by atoms with Gasteiger partial charge in [-0.15, -0.1) is 0 Å². The molecule has 0 aliphatic carbocycles. The van der Waals surface area contributed by atoms with Crippen LogP contribution in [-0.2, 0) is 4.79 Å². The van der Waals surface area contributed by atoms with E-state index in [9.17, 15) is 18.0 Å². The molecule has 0 fully saturated rings. The lowest BCUT2D eigenvalue weighted by Gasteiger charge is -2.23. The summed E-state index contributed by atoms with van der Waals surface area (Å²) in [6.45, 7) is -0.544. The number of alkyl halides is 3. The smallest absolute Gasteiger partial charge is 0.275 e. The van der Waals surface area contributed by atoms with E-state index in [0.717, 1.165) is 6.21 Å². The van der Waals surface area contributed by atoms with Crippen LogP contribution in [0, 0.1) is 0 Å². The molecular formula is C6H4ClF3N2O. The van der Waals surface area contributed by atoms with Gasteiger partial charge in [0.05, 0.1) is 5.57 Å². The summed E-state index contributed by atoms with van der Waals surface area (Å²) in [5, 5.41) is -0.960. The molecule has 13 heavy (non-hydrogen) atoms. The molecule has 0 radical (unpaired) electrons. The molecule has 0 saturated heterocycles. The maximum atomic E-state index is 12.0. The lowest BCUT2D eigenvalue weighted by Crippen LogP contribution is -2.35. The summed E-state index contributed by atoms with van der Waals surface area (Å²) in [5.74, 6) is 0. The zero-order chi connectivity index (χ0) is 10.1. The third-order valence-corrected chi connectivity index (χ3v) is 1.53. The minimum Gasteiger partial charge on any atom is -0.275 e. The van der Waals surface area contributed by atoms with Crippen LogP contribution in [0.3, 0.4) is 0 Å². The van der Waals surface area contributed by atoms with E-state index in [-0.39, 0.29) is 10.5 Å². The van der Waals surface area contributed by atoms with Crippen LogP contribution in [0.1, 0.15) is 0 Å². The van der Waals surface area contributed by atoms with Crippen LogP contribution in [0.2, 0.25) is 0 Å². The molecule has 1 aliphatic heterocycles. The lowest BCUT2D eigenvalue weighted by molar-refractivity contribution is -0.227. The van der Waals surface area contributed by atoms with Gasteiger partial charge < -0.3 is 0 Å². The molecule has 0 aromatic carbocycles. The number of nitrogens with zero attached hydrogens (tertiary/aromatic N) is 2. The number of carbonyl (C=O) groups is 1. The van der Waals surface area contributed by atoms with Crippen LogP contribution in [0.5, 0.6) is 0 Å². The molecule has 0 aromatic rings. The Morgan fingerprint density at radius 3 is 2.69 bits per heavy atom. The summed E-state index contributed by atoms with van der Waals surface area (Å²) >= 11 is 4.98. The Balaban J connectivity index is 2.85. The first-order valence-corrected chi connectivity index (χ1v) is 3.54. The Morgan fingerprint density at radius 2 is 2.23 bits per heavy atom. The van der Waals surface area contributed by atoms with Gasteiger partial charge in [0.2, 0.25) is 0 Å². The second-order valence-electron chi connectivity index (χ2n) is 2.25. The van der Waals surface area contributed by atoms with E-state index < -0.39 is 18.2 Å². The van der Waals surface area contributed by atoms with Crippen LogP contribution < -0.4 is 0 Å². The molecule has 0 unspecified atom stereocenters. The van der Waals surface area contributed by atoms with Crippen LogP contribution in [0.25, 0.3) is 0 Å². The lowest BCUT2D eigenvalue weighted by atomic mass is 10.3. The molecule has 7 heteroatoms. The molecule has 1 rings (SSSR count). The summed E-state index contributed by atoms with van der Waals surface area (Å²) in [4.78, 5) is 13.8. The van der Waals surface area contributed by atoms with Crippen molar-refractivity contribution in [3.63, 3.8) is 0 Å². The number of rotatable bonds is 1. The van der Waals surface area contributed by atoms with Gasteiger partial charge in [-0.1, -0.05) is 0 Å². The monoisotopic (exact) mass is 212 g/mol. The number of hydrogen-bond donors (Lipinski definition) is 0. The highest BCUT2D eigenvalue weighted by molar-refractivity contribution is 6.70. The van der Waals surface area contributed by atoms with E-state index in [1.54, 1.807) is 0 Å². The maximum absolute atomic E-state index is 12.0. The van der Waals surface area contributed by atoms with E-state index in [0.29, 0.717) is 6.20 Å². The molecule has 0 amide bonds. The average molecular weight is 213 g/mol. The van der Waals surface area contributed by atoms with Gasteiger partial charge in [-0.25, -0.2) is 0 Å². The summed E-state index contributed by atoms with van der Waals surface area (Å²) in [6, 6.07) is 0. The van der Waals surface area contributed by atoms with Crippen molar-refractivity contribution < 1.29 is 18.0 Å². The van der Waals surface area contributed by atoms with Crippen molar-refractivity contribution in [3.05, 3.63) is 11.8 Å². The highest BCUT2D eigenvalue weighted by Gasteiger charge is 2.36. The number of aliphatic imine (C=N–C) groups is 1. The number of halogens is 4. The van der Waals surface area contributed by atoms with Crippen molar-refractivity contribution >= 4 is 23.1 Å². The second-order valence-corrected chi connectivity index (χ2v) is 2.59. The highest BCUT2D eigenvalue weighted by Crippen LogP contribution is 2.23. The fourth-order valence-electron chi connectivity index (χ4n) is 0.724. The van der Waals surface area contributed by atoms with Gasteiger partial charge in [0.1, 0.15) is 6.67 Å². The molecule has 0 bridgehead atoms. The largest absolute Gasteiger partial charge is 0.485 e. The minimum atomic E-state index is -4.53. The molecule has 0 saturated carbocycles. The Bertz CT molecular complexity index is 284. The van der Waals surface area contributed by atoms with E-state index >= 15 is 0 Å². The van der Waals surface area contributed by atoms with Crippen molar-refractivity contribution in [1.29, 1.82) is 0 Å².